The van der Waals surface area contributed by atoms with Crippen LogP contribution in [0.4, 0.5) is 11.6 Å². The van der Waals surface area contributed by atoms with Crippen molar-refractivity contribution in [1.29, 1.82) is 0 Å². The molecular formula is C24H26N6O2S. The Morgan fingerprint density at radius 1 is 1.00 bits per heavy atom. The first kappa shape index (κ1) is 22.8. The van der Waals surface area contributed by atoms with Gasteiger partial charge in [-0.3, -0.25) is 13.9 Å². The van der Waals surface area contributed by atoms with Crippen molar-refractivity contribution in [2.75, 3.05) is 45.6 Å². The van der Waals surface area contributed by atoms with Crippen LogP contribution in [0.15, 0.2) is 65.7 Å². The summed E-state index contributed by atoms with van der Waals surface area (Å²) in [5.74, 6) is 0.463. The molecule has 4 rings (SSSR count). The highest BCUT2D eigenvalue weighted by atomic mass is 32.2. The van der Waals surface area contributed by atoms with Crippen molar-refractivity contribution >= 4 is 35.9 Å². The first-order chi connectivity index (χ1) is 16.0. The van der Waals surface area contributed by atoms with E-state index in [1.165, 1.54) is 0 Å². The number of hydrogen-bond acceptors (Lipinski definition) is 7. The lowest BCUT2D eigenvalue weighted by atomic mass is 10.1. The molecule has 0 unspecified atom stereocenters. The van der Waals surface area contributed by atoms with Gasteiger partial charge in [0.1, 0.15) is 0 Å². The lowest BCUT2D eigenvalue weighted by molar-refractivity contribution is -0.119. The number of rotatable bonds is 7. The third-order valence-corrected chi connectivity index (χ3v) is 6.08. The predicted octanol–water partition coefficient (Wildman–Crippen LogP) is 3.37. The Labute approximate surface area is 197 Å². The maximum Gasteiger partial charge on any atom is 0.253 e. The fraction of sp³-hybridized carbons (Fsp3) is 0.250. The van der Waals surface area contributed by atoms with Gasteiger partial charge in [0.15, 0.2) is 0 Å². The van der Waals surface area contributed by atoms with E-state index in [-0.39, 0.29) is 5.91 Å². The Morgan fingerprint density at radius 2 is 1.70 bits per heavy atom. The van der Waals surface area contributed by atoms with Gasteiger partial charge in [0.25, 0.3) is 5.91 Å². The smallest absolute Gasteiger partial charge is 0.253 e. The highest BCUT2D eigenvalue weighted by Crippen LogP contribution is 2.25. The standard InChI is InChI=1S/C24H26N6O2S/c1-28(2)33-21-9-5-18(6-10-21)22-11-12-25-24(27-22)26-20-7-3-19(4-8-20)23(32)30-15-13-29(17-31)14-16-30/h3-12,17H,13-16H2,1-2H3,(H,25,26,27). The second kappa shape index (κ2) is 10.5. The summed E-state index contributed by atoms with van der Waals surface area (Å²) in [5.41, 5.74) is 3.26. The number of nitrogens with zero attached hydrogens (tertiary/aromatic N) is 5. The molecule has 2 aromatic carbocycles. The van der Waals surface area contributed by atoms with E-state index in [0.29, 0.717) is 37.7 Å². The van der Waals surface area contributed by atoms with Crippen molar-refractivity contribution in [1.82, 2.24) is 24.1 Å². The Bertz CT molecular complexity index is 1100. The number of piperazine rings is 1. The minimum atomic E-state index is -0.0266. The lowest BCUT2D eigenvalue weighted by Crippen LogP contribution is -2.48. The molecule has 1 aliphatic rings. The van der Waals surface area contributed by atoms with Gasteiger partial charge in [0.05, 0.1) is 5.69 Å². The molecular weight excluding hydrogens is 436 g/mol. The van der Waals surface area contributed by atoms with Gasteiger partial charge in [0, 0.05) is 54.1 Å². The van der Waals surface area contributed by atoms with Crippen molar-refractivity contribution in [2.24, 2.45) is 0 Å². The molecule has 0 radical (unpaired) electrons. The molecule has 0 atom stereocenters. The minimum Gasteiger partial charge on any atom is -0.342 e. The molecule has 0 bridgehead atoms. The van der Waals surface area contributed by atoms with Gasteiger partial charge in [-0.05, 0) is 68.5 Å². The number of hydrogen-bond donors (Lipinski definition) is 1. The average molecular weight is 463 g/mol. The average Bonchev–Trinajstić information content (AvgIpc) is 2.84. The fourth-order valence-corrected chi connectivity index (χ4v) is 4.19. The SMILES string of the molecule is CN(C)Sc1ccc(-c2ccnc(Nc3ccc(C(=O)N4CCN(C=O)CC4)cc3)n2)cc1. The van der Waals surface area contributed by atoms with Crippen LogP contribution < -0.4 is 5.32 Å². The molecule has 0 spiro atoms. The van der Waals surface area contributed by atoms with Gasteiger partial charge in [0.2, 0.25) is 12.4 Å². The Morgan fingerprint density at radius 3 is 2.33 bits per heavy atom. The predicted molar refractivity (Wildman–Crippen MR) is 130 cm³/mol. The van der Waals surface area contributed by atoms with Crippen LogP contribution in [0.25, 0.3) is 11.3 Å². The highest BCUT2D eigenvalue weighted by Gasteiger charge is 2.21. The summed E-state index contributed by atoms with van der Waals surface area (Å²) in [6, 6.07) is 17.4. The summed E-state index contributed by atoms with van der Waals surface area (Å²) in [7, 11) is 4.03. The monoisotopic (exact) mass is 462 g/mol. The van der Waals surface area contributed by atoms with E-state index < -0.39 is 0 Å². The van der Waals surface area contributed by atoms with Gasteiger partial charge in [-0.1, -0.05) is 12.1 Å². The zero-order chi connectivity index (χ0) is 23.2. The van der Waals surface area contributed by atoms with Gasteiger partial charge in [-0.25, -0.2) is 9.97 Å². The van der Waals surface area contributed by atoms with Crippen molar-refractivity contribution in [3.8, 4) is 11.3 Å². The van der Waals surface area contributed by atoms with E-state index >= 15 is 0 Å². The number of benzene rings is 2. The normalized spacial score (nSPS) is 13.8. The Kier molecular flexibility index (Phi) is 7.21. The van der Waals surface area contributed by atoms with Crippen LogP contribution in [-0.2, 0) is 4.79 Å². The molecule has 9 heteroatoms. The third kappa shape index (κ3) is 5.88. The molecule has 0 aliphatic carbocycles. The Balaban J connectivity index is 1.40. The zero-order valence-electron chi connectivity index (χ0n) is 18.6. The van der Waals surface area contributed by atoms with Crippen LogP contribution in [-0.4, -0.2) is 76.7 Å². The Hall–Kier alpha value is -3.43. The van der Waals surface area contributed by atoms with Crippen LogP contribution in [0.2, 0.25) is 0 Å². The second-order valence-electron chi connectivity index (χ2n) is 7.83. The van der Waals surface area contributed by atoms with Crippen molar-refractivity contribution < 1.29 is 9.59 Å². The quantitative estimate of drug-likeness (QED) is 0.426. The molecule has 1 saturated heterocycles. The first-order valence-corrected chi connectivity index (χ1v) is 11.4. The van der Waals surface area contributed by atoms with E-state index in [0.717, 1.165) is 28.3 Å². The minimum absolute atomic E-state index is 0.0266. The number of nitrogens with one attached hydrogen (secondary N) is 1. The summed E-state index contributed by atoms with van der Waals surface area (Å²) in [6.45, 7) is 2.24. The van der Waals surface area contributed by atoms with E-state index in [4.69, 9.17) is 0 Å². The number of carbonyl (C=O) groups is 2. The molecule has 3 aromatic rings. The van der Waals surface area contributed by atoms with Gasteiger partial charge in [-0.15, -0.1) is 0 Å². The summed E-state index contributed by atoms with van der Waals surface area (Å²) in [4.78, 5) is 37.1. The lowest BCUT2D eigenvalue weighted by Gasteiger charge is -2.32. The first-order valence-electron chi connectivity index (χ1n) is 10.7. The second-order valence-corrected chi connectivity index (χ2v) is 9.21. The molecule has 0 saturated carbocycles. The maximum absolute atomic E-state index is 12.7. The van der Waals surface area contributed by atoms with E-state index in [1.54, 1.807) is 40.1 Å². The van der Waals surface area contributed by atoms with Crippen LogP contribution in [0.3, 0.4) is 0 Å². The molecule has 2 amide bonds. The van der Waals surface area contributed by atoms with Gasteiger partial charge < -0.3 is 15.1 Å². The topological polar surface area (TPSA) is 81.7 Å². The molecule has 1 aromatic heterocycles. The number of aromatic nitrogens is 2. The van der Waals surface area contributed by atoms with Gasteiger partial charge >= 0.3 is 0 Å². The summed E-state index contributed by atoms with van der Waals surface area (Å²) >= 11 is 1.67. The van der Waals surface area contributed by atoms with Crippen molar-refractivity contribution in [2.45, 2.75) is 4.90 Å². The van der Waals surface area contributed by atoms with Crippen molar-refractivity contribution in [3.05, 3.63) is 66.4 Å². The maximum atomic E-state index is 12.7. The molecule has 8 nitrogen and oxygen atoms in total. The van der Waals surface area contributed by atoms with Gasteiger partial charge in [-0.2, -0.15) is 0 Å². The largest absolute Gasteiger partial charge is 0.342 e. The molecule has 170 valence electrons. The summed E-state index contributed by atoms with van der Waals surface area (Å²) in [6.07, 6.45) is 2.56. The van der Waals surface area contributed by atoms with Crippen molar-refractivity contribution in [3.63, 3.8) is 0 Å². The third-order valence-electron chi connectivity index (χ3n) is 5.23. The number of amides is 2. The number of carbonyl (C=O) groups excluding carboxylic acids is 2. The molecule has 33 heavy (non-hydrogen) atoms. The van der Waals surface area contributed by atoms with Crippen LogP contribution in [0, 0.1) is 0 Å². The fourth-order valence-electron chi connectivity index (χ4n) is 3.52. The molecule has 2 heterocycles. The van der Waals surface area contributed by atoms with E-state index in [2.05, 4.69) is 27.4 Å². The van der Waals surface area contributed by atoms with Crippen LogP contribution in [0.5, 0.6) is 0 Å². The van der Waals surface area contributed by atoms with E-state index in [9.17, 15) is 9.59 Å². The molecule has 1 fully saturated rings. The number of anilines is 2. The van der Waals surface area contributed by atoms with E-state index in [1.807, 2.05) is 48.7 Å². The zero-order valence-corrected chi connectivity index (χ0v) is 19.5. The molecule has 1 N–H and O–H groups in total. The van der Waals surface area contributed by atoms with Crippen LogP contribution >= 0.6 is 11.9 Å². The summed E-state index contributed by atoms with van der Waals surface area (Å²) < 4.78 is 2.05. The summed E-state index contributed by atoms with van der Waals surface area (Å²) in [5, 5.41) is 3.21. The highest BCUT2D eigenvalue weighted by molar-refractivity contribution is 7.97. The van der Waals surface area contributed by atoms with Crippen LogP contribution in [0.1, 0.15) is 10.4 Å². The molecule has 1 aliphatic heterocycles.